The molecule has 0 saturated heterocycles. The third-order valence-electron chi connectivity index (χ3n) is 5.59. The van der Waals surface area contributed by atoms with Gasteiger partial charge < -0.3 is 9.62 Å². The molecule has 1 amide bonds. The molecule has 0 aromatic heterocycles. The van der Waals surface area contributed by atoms with Crippen molar-refractivity contribution in [2.45, 2.75) is 19.4 Å². The van der Waals surface area contributed by atoms with Gasteiger partial charge in [-0.15, -0.1) is 0 Å². The van der Waals surface area contributed by atoms with Crippen molar-refractivity contribution in [3.05, 3.63) is 106 Å². The highest BCUT2D eigenvalue weighted by molar-refractivity contribution is 7.95. The van der Waals surface area contributed by atoms with Gasteiger partial charge in [-0.1, -0.05) is 42.5 Å². The van der Waals surface area contributed by atoms with Gasteiger partial charge in [0.15, 0.2) is 0 Å². The van der Waals surface area contributed by atoms with E-state index in [0.29, 0.717) is 35.5 Å². The molecule has 0 spiro atoms. The van der Waals surface area contributed by atoms with E-state index in [4.69, 9.17) is 5.14 Å². The van der Waals surface area contributed by atoms with Crippen LogP contribution in [0.25, 0.3) is 6.08 Å². The minimum atomic E-state index is -1.59. The molecule has 0 aliphatic heterocycles. The van der Waals surface area contributed by atoms with E-state index in [1.807, 2.05) is 42.5 Å². The Kier molecular flexibility index (Phi) is 8.12. The molecule has 2 aliphatic rings. The third-order valence-corrected chi connectivity index (χ3v) is 7.09. The van der Waals surface area contributed by atoms with Crippen LogP contribution < -0.4 is 9.86 Å². The van der Waals surface area contributed by atoms with E-state index in [9.17, 15) is 13.4 Å². The first-order valence-corrected chi connectivity index (χ1v) is 12.9. The van der Waals surface area contributed by atoms with Gasteiger partial charge in [-0.2, -0.15) is 0 Å². The Balaban J connectivity index is 1.63. The Morgan fingerprint density at radius 1 is 1.20 bits per heavy atom. The fraction of sp³-hybridized carbons (Fsp3) is 0.154. The van der Waals surface area contributed by atoms with Crippen molar-refractivity contribution in [2.75, 3.05) is 11.8 Å². The van der Waals surface area contributed by atoms with Crippen LogP contribution in [0.1, 0.15) is 33.5 Å². The van der Waals surface area contributed by atoms with Crippen LogP contribution in [0.3, 0.4) is 0 Å². The molecule has 2 aromatic carbocycles. The zero-order chi connectivity index (χ0) is 24.8. The second-order valence-corrected chi connectivity index (χ2v) is 9.76. The third kappa shape index (κ3) is 6.25. The van der Waals surface area contributed by atoms with Crippen molar-refractivity contribution in [1.82, 2.24) is 4.90 Å². The topological polar surface area (TPSA) is 87.8 Å². The van der Waals surface area contributed by atoms with Gasteiger partial charge >= 0.3 is 0 Å². The summed E-state index contributed by atoms with van der Waals surface area (Å²) in [5.41, 5.74) is 4.38. The maximum Gasteiger partial charge on any atom is 0.256 e. The monoisotopic (exact) mass is 508 g/mol. The molecule has 1 unspecified atom stereocenters. The fourth-order valence-electron chi connectivity index (χ4n) is 3.81. The van der Waals surface area contributed by atoms with Gasteiger partial charge in [0, 0.05) is 24.9 Å². The number of rotatable bonds is 7. The number of carbonyl (C=O) groups excluding carboxylic acids is 1. The lowest BCUT2D eigenvalue weighted by Crippen LogP contribution is -2.27. The Labute approximate surface area is 211 Å². The lowest BCUT2D eigenvalue weighted by atomic mass is 9.99. The number of hydrogen-bond acceptors (Lipinski definition) is 5. The number of nitrogens with two attached hydrogens (primary N) is 1. The van der Waals surface area contributed by atoms with Gasteiger partial charge in [0.1, 0.15) is 16.8 Å². The molecule has 35 heavy (non-hydrogen) atoms. The zero-order valence-electron chi connectivity index (χ0n) is 19.1. The Hall–Kier alpha value is -3.27. The summed E-state index contributed by atoms with van der Waals surface area (Å²) in [5.74, 6) is -0.561. The quantitative estimate of drug-likeness (QED) is 0.509. The van der Waals surface area contributed by atoms with Crippen LogP contribution in [0.15, 0.2) is 82.2 Å². The number of nitrogens with one attached hydrogen (secondary N) is 1. The van der Waals surface area contributed by atoms with Crippen LogP contribution in [-0.4, -0.2) is 27.8 Å². The largest absolute Gasteiger partial charge is 0.337 e. The van der Waals surface area contributed by atoms with E-state index >= 15 is 0 Å². The lowest BCUT2D eigenvalue weighted by Gasteiger charge is -2.21. The van der Waals surface area contributed by atoms with Crippen LogP contribution in [0.2, 0.25) is 0 Å². The molecule has 3 N–H and O–H groups in total. The summed E-state index contributed by atoms with van der Waals surface area (Å²) < 4.78 is 33.7. The van der Waals surface area contributed by atoms with Crippen molar-refractivity contribution in [3.63, 3.8) is 0 Å². The summed E-state index contributed by atoms with van der Waals surface area (Å²) in [6.45, 7) is 0.308. The number of benzene rings is 2. The molecule has 4 rings (SSSR count). The molecule has 6 nitrogen and oxygen atoms in total. The Morgan fingerprint density at radius 2 is 2.00 bits per heavy atom. The van der Waals surface area contributed by atoms with E-state index in [1.165, 1.54) is 12.1 Å². The molecule has 2 aliphatic carbocycles. The maximum atomic E-state index is 13.5. The van der Waals surface area contributed by atoms with Crippen LogP contribution >= 0.6 is 12.1 Å². The smallest absolute Gasteiger partial charge is 0.256 e. The molecule has 1 atom stereocenters. The second kappa shape index (κ2) is 11.4. The zero-order valence-corrected chi connectivity index (χ0v) is 20.7. The van der Waals surface area contributed by atoms with Crippen LogP contribution in [-0.2, 0) is 24.0 Å². The number of fused-ring (bicyclic) bond motifs is 1. The highest BCUT2D eigenvalue weighted by atomic mass is 32.2. The summed E-state index contributed by atoms with van der Waals surface area (Å²) in [4.78, 5) is 15.7. The van der Waals surface area contributed by atoms with Gasteiger partial charge in [0.25, 0.3) is 5.91 Å². The van der Waals surface area contributed by atoms with Crippen molar-refractivity contribution in [1.29, 1.82) is 0 Å². The van der Waals surface area contributed by atoms with Crippen LogP contribution in [0, 0.1) is 5.82 Å². The standard InChI is InChI=1S/C26H25FN4O2S2/c1-31(17-18-10-12-21(27)13-11-18)26(32)24-14-19-6-3-2-4-7-20(19)15-25(24)30-35(33)23-9-5-8-22(16-23)29-34-28/h2-6,8-15,30H,7,16-17,28H2,1H3/b29-22-. The average Bonchev–Trinajstić information content (AvgIpc) is 3.09. The Bertz CT molecular complexity index is 1300. The van der Waals surface area contributed by atoms with E-state index in [2.05, 4.69) is 9.12 Å². The highest BCUT2D eigenvalue weighted by Crippen LogP contribution is 2.28. The molecule has 0 heterocycles. The SMILES string of the molecule is CN(Cc1ccc(F)cc1)C(=O)c1cc2c(cc1NS(=O)C1=CC=C/C(=N/SN)C1)CC=CC=C2. The van der Waals surface area contributed by atoms with E-state index in [1.54, 1.807) is 36.2 Å². The second-order valence-electron chi connectivity index (χ2n) is 8.10. The molecular weight excluding hydrogens is 483 g/mol. The normalized spacial score (nSPS) is 16.4. The highest BCUT2D eigenvalue weighted by Gasteiger charge is 2.21. The van der Waals surface area contributed by atoms with E-state index in [-0.39, 0.29) is 11.7 Å². The molecule has 0 radical (unpaired) electrons. The number of carbonyl (C=O) groups is 1. The number of nitrogens with zero attached hydrogens (tertiary/aromatic N) is 2. The lowest BCUT2D eigenvalue weighted by molar-refractivity contribution is 0.0786. The summed E-state index contributed by atoms with van der Waals surface area (Å²) in [7, 11) is 0.105. The minimum Gasteiger partial charge on any atom is -0.337 e. The van der Waals surface area contributed by atoms with Crippen LogP contribution in [0.4, 0.5) is 10.1 Å². The van der Waals surface area contributed by atoms with E-state index in [0.717, 1.165) is 34.5 Å². The predicted octanol–water partition coefficient (Wildman–Crippen LogP) is 5.11. The number of amides is 1. The fourth-order valence-corrected chi connectivity index (χ4v) is 5.06. The van der Waals surface area contributed by atoms with Crippen molar-refractivity contribution in [3.8, 4) is 0 Å². The first-order chi connectivity index (χ1) is 16.9. The molecule has 0 saturated carbocycles. The average molecular weight is 509 g/mol. The summed E-state index contributed by atoms with van der Waals surface area (Å²) in [6.07, 6.45) is 14.4. The molecule has 180 valence electrons. The molecule has 0 bridgehead atoms. The maximum absolute atomic E-state index is 13.5. The van der Waals surface area contributed by atoms with Gasteiger partial charge in [-0.05, 0) is 59.5 Å². The Morgan fingerprint density at radius 3 is 2.77 bits per heavy atom. The number of hydrogen-bond donors (Lipinski definition) is 2. The summed E-state index contributed by atoms with van der Waals surface area (Å²) in [5, 5.41) is 5.44. The van der Waals surface area contributed by atoms with Crippen molar-refractivity contribution >= 4 is 46.5 Å². The summed E-state index contributed by atoms with van der Waals surface area (Å²) in [6, 6.07) is 9.76. The van der Waals surface area contributed by atoms with Crippen LogP contribution in [0.5, 0.6) is 0 Å². The van der Waals surface area contributed by atoms with Gasteiger partial charge in [0.05, 0.1) is 29.1 Å². The summed E-state index contributed by atoms with van der Waals surface area (Å²) >= 11 is 0.861. The number of halogens is 1. The van der Waals surface area contributed by atoms with E-state index < -0.39 is 11.0 Å². The predicted molar refractivity (Wildman–Crippen MR) is 143 cm³/mol. The molecule has 0 fully saturated rings. The molecule has 2 aromatic rings. The molecule has 9 heteroatoms. The van der Waals surface area contributed by atoms with Gasteiger partial charge in [-0.25, -0.2) is 13.0 Å². The van der Waals surface area contributed by atoms with Gasteiger partial charge in [-0.3, -0.25) is 9.93 Å². The number of allylic oxidation sites excluding steroid dienone is 7. The minimum absolute atomic E-state index is 0.235. The first kappa shape index (κ1) is 24.8. The van der Waals surface area contributed by atoms with Gasteiger partial charge in [0.2, 0.25) is 0 Å². The molecular formula is C26H25FN4O2S2. The van der Waals surface area contributed by atoms with Crippen molar-refractivity contribution in [2.24, 2.45) is 9.54 Å². The first-order valence-electron chi connectivity index (χ1n) is 10.9. The van der Waals surface area contributed by atoms with Crippen molar-refractivity contribution < 1.29 is 13.4 Å². The number of anilines is 1.